The maximum absolute atomic E-state index is 4.39. The summed E-state index contributed by atoms with van der Waals surface area (Å²) in [7, 11) is 0. The van der Waals surface area contributed by atoms with Gasteiger partial charge < -0.3 is 0 Å². The molecule has 0 aliphatic rings. The highest BCUT2D eigenvalue weighted by Crippen LogP contribution is 2.34. The molecule has 0 radical (unpaired) electrons. The van der Waals surface area contributed by atoms with Crippen LogP contribution >= 0.6 is 11.3 Å². The van der Waals surface area contributed by atoms with Crippen LogP contribution in [0.4, 0.5) is 0 Å². The number of aromatic nitrogens is 1. The number of aryl methyl sites for hydroxylation is 2. The van der Waals surface area contributed by atoms with Crippen LogP contribution < -0.4 is 0 Å². The minimum absolute atomic E-state index is 1.11. The van der Waals surface area contributed by atoms with E-state index in [0.29, 0.717) is 0 Å². The van der Waals surface area contributed by atoms with Crippen LogP contribution in [-0.4, -0.2) is 4.98 Å². The molecule has 0 saturated carbocycles. The normalized spacial score (nSPS) is 10.9. The van der Waals surface area contributed by atoms with E-state index in [4.69, 9.17) is 0 Å². The number of fused-ring (bicyclic) bond motifs is 1. The van der Waals surface area contributed by atoms with Crippen molar-refractivity contribution < 1.29 is 0 Å². The first-order valence-corrected chi connectivity index (χ1v) is 6.48. The van der Waals surface area contributed by atoms with Crippen LogP contribution in [0.1, 0.15) is 11.1 Å². The number of thiophene rings is 1. The zero-order valence-corrected chi connectivity index (χ0v) is 10.7. The molecule has 0 N–H and O–H groups in total. The Labute approximate surface area is 105 Å². The van der Waals surface area contributed by atoms with Gasteiger partial charge in [-0.05, 0) is 37.1 Å². The molecule has 1 aromatic carbocycles. The van der Waals surface area contributed by atoms with Gasteiger partial charge in [-0.3, -0.25) is 0 Å². The van der Waals surface area contributed by atoms with E-state index in [-0.39, 0.29) is 0 Å². The monoisotopic (exact) mass is 239 g/mol. The van der Waals surface area contributed by atoms with Crippen molar-refractivity contribution in [2.75, 3.05) is 0 Å². The lowest BCUT2D eigenvalue weighted by Crippen LogP contribution is -1.81. The van der Waals surface area contributed by atoms with E-state index in [1.54, 1.807) is 11.3 Å². The summed E-state index contributed by atoms with van der Waals surface area (Å²) >= 11 is 1.76. The molecule has 0 aliphatic carbocycles. The third kappa shape index (κ3) is 1.85. The van der Waals surface area contributed by atoms with Gasteiger partial charge in [-0.2, -0.15) is 0 Å². The molecule has 0 aliphatic heterocycles. The van der Waals surface area contributed by atoms with Gasteiger partial charge in [0.15, 0.2) is 0 Å². The molecule has 0 saturated heterocycles. The third-order valence-electron chi connectivity index (χ3n) is 2.94. The summed E-state index contributed by atoms with van der Waals surface area (Å²) in [5.41, 5.74) is 3.96. The predicted molar refractivity (Wildman–Crippen MR) is 74.5 cm³/mol. The summed E-state index contributed by atoms with van der Waals surface area (Å²) in [6.07, 6.45) is 1.85. The Morgan fingerprint density at radius 1 is 1.06 bits per heavy atom. The first-order valence-electron chi connectivity index (χ1n) is 5.66. The molecule has 2 heterocycles. The Hall–Kier alpha value is -1.67. The highest BCUT2D eigenvalue weighted by molar-refractivity contribution is 7.21. The molecular weight excluding hydrogens is 226 g/mol. The largest absolute Gasteiger partial charge is 0.245 e. The van der Waals surface area contributed by atoms with Crippen molar-refractivity contribution in [1.29, 1.82) is 0 Å². The van der Waals surface area contributed by atoms with E-state index in [9.17, 15) is 0 Å². The third-order valence-corrected chi connectivity index (χ3v) is 4.03. The smallest absolute Gasteiger partial charge is 0.123 e. The summed E-state index contributed by atoms with van der Waals surface area (Å²) in [4.78, 5) is 6.81. The predicted octanol–water partition coefficient (Wildman–Crippen LogP) is 4.58. The van der Waals surface area contributed by atoms with Gasteiger partial charge >= 0.3 is 0 Å². The van der Waals surface area contributed by atoms with E-state index >= 15 is 0 Å². The van der Waals surface area contributed by atoms with Crippen LogP contribution in [0, 0.1) is 13.8 Å². The van der Waals surface area contributed by atoms with Crippen LogP contribution in [0.25, 0.3) is 20.7 Å². The molecule has 0 spiro atoms. The van der Waals surface area contributed by atoms with E-state index < -0.39 is 0 Å². The fourth-order valence-electron chi connectivity index (χ4n) is 2.10. The minimum atomic E-state index is 1.11. The Kier molecular flexibility index (Phi) is 2.45. The quantitative estimate of drug-likeness (QED) is 0.605. The molecule has 0 amide bonds. The van der Waals surface area contributed by atoms with Crippen molar-refractivity contribution in [2.45, 2.75) is 13.8 Å². The summed E-state index contributed by atoms with van der Waals surface area (Å²) in [6.45, 7) is 4.30. The molecule has 3 rings (SSSR count). The first-order chi connectivity index (χ1) is 8.24. The highest BCUT2D eigenvalue weighted by Gasteiger charge is 2.06. The number of rotatable bonds is 1. The SMILES string of the molecule is Cc1ccc(-c2cc3cccnc3s2)c(C)c1. The summed E-state index contributed by atoms with van der Waals surface area (Å²) in [5.74, 6) is 0. The van der Waals surface area contributed by atoms with E-state index in [1.165, 1.54) is 27.0 Å². The van der Waals surface area contributed by atoms with Crippen LogP contribution in [0.2, 0.25) is 0 Å². The number of nitrogens with zero attached hydrogens (tertiary/aromatic N) is 1. The Balaban J connectivity index is 2.20. The van der Waals surface area contributed by atoms with Crippen molar-refractivity contribution in [3.05, 3.63) is 53.7 Å². The average molecular weight is 239 g/mol. The Morgan fingerprint density at radius 2 is 1.94 bits per heavy atom. The van der Waals surface area contributed by atoms with Crippen LogP contribution in [0.5, 0.6) is 0 Å². The molecule has 17 heavy (non-hydrogen) atoms. The second-order valence-corrected chi connectivity index (χ2v) is 5.36. The van der Waals surface area contributed by atoms with Gasteiger partial charge in [0.2, 0.25) is 0 Å². The standard InChI is InChI=1S/C15H13NS/c1-10-5-6-13(11(2)8-10)14-9-12-4-3-7-16-15(12)17-14/h3-9H,1-2H3. The molecule has 1 nitrogen and oxygen atoms in total. The van der Waals surface area contributed by atoms with Gasteiger partial charge in [0, 0.05) is 16.5 Å². The van der Waals surface area contributed by atoms with Crippen LogP contribution in [0.15, 0.2) is 42.6 Å². The summed E-state index contributed by atoms with van der Waals surface area (Å²) < 4.78 is 0. The number of pyridine rings is 1. The first kappa shape index (κ1) is 10.5. The molecule has 3 aromatic rings. The lowest BCUT2D eigenvalue weighted by molar-refractivity contribution is 1.39. The lowest BCUT2D eigenvalue weighted by atomic mass is 10.0. The maximum atomic E-state index is 4.39. The van der Waals surface area contributed by atoms with Crippen molar-refractivity contribution in [3.8, 4) is 10.4 Å². The fourth-order valence-corrected chi connectivity index (χ4v) is 3.19. The molecule has 0 fully saturated rings. The Morgan fingerprint density at radius 3 is 2.71 bits per heavy atom. The zero-order chi connectivity index (χ0) is 11.8. The molecule has 2 heteroatoms. The fraction of sp³-hybridized carbons (Fsp3) is 0.133. The number of hydrogen-bond acceptors (Lipinski definition) is 2. The van der Waals surface area contributed by atoms with Crippen LogP contribution in [0.3, 0.4) is 0 Å². The lowest BCUT2D eigenvalue weighted by Gasteiger charge is -2.03. The average Bonchev–Trinajstić information content (AvgIpc) is 2.72. The van der Waals surface area contributed by atoms with Gasteiger partial charge in [0.05, 0.1) is 0 Å². The second kappa shape index (κ2) is 3.97. The van der Waals surface area contributed by atoms with Gasteiger partial charge in [-0.25, -0.2) is 4.98 Å². The van der Waals surface area contributed by atoms with Gasteiger partial charge in [0.1, 0.15) is 4.83 Å². The van der Waals surface area contributed by atoms with Crippen molar-refractivity contribution in [1.82, 2.24) is 4.98 Å². The summed E-state index contributed by atoms with van der Waals surface area (Å²) in [5, 5.41) is 1.23. The zero-order valence-electron chi connectivity index (χ0n) is 9.90. The van der Waals surface area contributed by atoms with E-state index in [2.05, 4.69) is 49.2 Å². The molecule has 84 valence electrons. The van der Waals surface area contributed by atoms with Crippen molar-refractivity contribution in [3.63, 3.8) is 0 Å². The minimum Gasteiger partial charge on any atom is -0.245 e. The van der Waals surface area contributed by atoms with E-state index in [0.717, 1.165) is 4.83 Å². The number of hydrogen-bond donors (Lipinski definition) is 0. The van der Waals surface area contributed by atoms with E-state index in [1.807, 2.05) is 12.3 Å². The highest BCUT2D eigenvalue weighted by atomic mass is 32.1. The molecule has 0 atom stereocenters. The topological polar surface area (TPSA) is 12.9 Å². The number of benzene rings is 1. The van der Waals surface area contributed by atoms with Gasteiger partial charge in [-0.15, -0.1) is 11.3 Å². The molecule has 0 unspecified atom stereocenters. The molecule has 0 bridgehead atoms. The second-order valence-electron chi connectivity index (χ2n) is 4.33. The Bertz CT molecular complexity index is 649. The molecule has 2 aromatic heterocycles. The van der Waals surface area contributed by atoms with Gasteiger partial charge in [-0.1, -0.05) is 29.8 Å². The summed E-state index contributed by atoms with van der Waals surface area (Å²) in [6, 6.07) is 12.9. The van der Waals surface area contributed by atoms with Crippen molar-refractivity contribution in [2.24, 2.45) is 0 Å². The maximum Gasteiger partial charge on any atom is 0.123 e. The molecular formula is C15H13NS. The van der Waals surface area contributed by atoms with Crippen LogP contribution in [-0.2, 0) is 0 Å². The van der Waals surface area contributed by atoms with Crippen molar-refractivity contribution >= 4 is 21.6 Å². The van der Waals surface area contributed by atoms with Gasteiger partial charge in [0.25, 0.3) is 0 Å².